The van der Waals surface area contributed by atoms with Crippen LogP contribution >= 0.6 is 31.9 Å². The maximum atomic E-state index is 6.33. The number of fused-ring (bicyclic) bond motifs is 3. The monoisotopic (exact) mass is 611 g/mol. The Labute approximate surface area is 232 Å². The highest BCUT2D eigenvalue weighted by atomic mass is 79.9. The molecule has 0 saturated carbocycles. The van der Waals surface area contributed by atoms with Crippen LogP contribution in [0.4, 0.5) is 0 Å². The molecule has 0 aliphatic carbocycles. The van der Waals surface area contributed by atoms with Crippen molar-refractivity contribution < 1.29 is 9.47 Å². The van der Waals surface area contributed by atoms with E-state index in [9.17, 15) is 0 Å². The molecule has 0 fully saturated rings. The van der Waals surface area contributed by atoms with Gasteiger partial charge < -0.3 is 9.47 Å². The van der Waals surface area contributed by atoms with Gasteiger partial charge in [0.2, 0.25) is 0 Å². The van der Waals surface area contributed by atoms with E-state index in [0.717, 1.165) is 59.4 Å². The van der Waals surface area contributed by atoms with E-state index < -0.39 is 0 Å². The largest absolute Gasteiger partial charge is 0.494 e. The number of rotatable bonds is 7. The van der Waals surface area contributed by atoms with Crippen molar-refractivity contribution in [3.63, 3.8) is 0 Å². The Morgan fingerprint density at radius 2 is 1.49 bits per heavy atom. The third-order valence-corrected chi connectivity index (χ3v) is 7.60. The van der Waals surface area contributed by atoms with Crippen molar-refractivity contribution in [2.45, 2.75) is 6.42 Å². The van der Waals surface area contributed by atoms with E-state index in [1.807, 2.05) is 71.4 Å². The van der Waals surface area contributed by atoms with Crippen LogP contribution in [0.25, 0.3) is 38.3 Å². The Morgan fingerprint density at radius 3 is 2.35 bits per heavy atom. The van der Waals surface area contributed by atoms with Crippen LogP contribution in [0.1, 0.15) is 6.42 Å². The van der Waals surface area contributed by atoms with Gasteiger partial charge in [-0.15, -0.1) is 5.10 Å². The Morgan fingerprint density at radius 1 is 0.757 bits per heavy atom. The quantitative estimate of drug-likeness (QED) is 0.145. The van der Waals surface area contributed by atoms with E-state index in [4.69, 9.17) is 17.3 Å². The molecule has 5 aromatic carbocycles. The molecule has 180 valence electrons. The summed E-state index contributed by atoms with van der Waals surface area (Å²) in [6.45, 7) is 1.03. The average Bonchev–Trinajstić information content (AvgIpc) is 3.35. The molecule has 6 rings (SSSR count). The smallest absolute Gasteiger partial charge is 0.134 e. The molecule has 5 nitrogen and oxygen atoms in total. The van der Waals surface area contributed by atoms with Crippen LogP contribution in [-0.2, 0) is 0 Å². The molecule has 6 aromatic rings. The number of aromatic nitrogens is 3. The lowest BCUT2D eigenvalue weighted by molar-refractivity contribution is 0.248. The highest BCUT2D eigenvalue weighted by Gasteiger charge is 2.11. The zero-order valence-electron chi connectivity index (χ0n) is 19.7. The van der Waals surface area contributed by atoms with Gasteiger partial charge in [-0.2, -0.15) is 0 Å². The zero-order valence-corrected chi connectivity index (χ0v) is 22.9. The molecule has 0 amide bonds. The van der Waals surface area contributed by atoms with Crippen molar-refractivity contribution in [2.24, 2.45) is 0 Å². The molecule has 8 heteroatoms. The first-order chi connectivity index (χ1) is 18.1. The summed E-state index contributed by atoms with van der Waals surface area (Å²) in [6, 6.07) is 28.1. The number of hydrogen-bond donors (Lipinski definition) is 0. The van der Waals surface area contributed by atoms with E-state index in [0.29, 0.717) is 24.4 Å². The number of benzene rings is 5. The van der Waals surface area contributed by atoms with E-state index >= 15 is 0 Å². The van der Waals surface area contributed by atoms with Crippen LogP contribution in [0, 0.1) is 0 Å². The Hall–Kier alpha value is -3.36. The average molecular weight is 613 g/mol. The first-order valence-electron chi connectivity index (χ1n) is 11.8. The van der Waals surface area contributed by atoms with Gasteiger partial charge in [0.25, 0.3) is 0 Å². The van der Waals surface area contributed by atoms with Crippen LogP contribution in [0.5, 0.6) is 11.5 Å². The molecule has 37 heavy (non-hydrogen) atoms. The van der Waals surface area contributed by atoms with E-state index in [1.54, 1.807) is 0 Å². The summed E-state index contributed by atoms with van der Waals surface area (Å²) in [4.78, 5) is 0. The predicted octanol–water partition coefficient (Wildman–Crippen LogP) is 6.89. The lowest BCUT2D eigenvalue weighted by Gasteiger charge is -2.14. The maximum Gasteiger partial charge on any atom is 0.134 e. The maximum absolute atomic E-state index is 6.33. The van der Waals surface area contributed by atoms with Gasteiger partial charge in [0, 0.05) is 10.9 Å². The molecular formula is C29H20BBr2N3O2. The first-order valence-corrected chi connectivity index (χ1v) is 13.4. The topological polar surface area (TPSA) is 49.2 Å². The van der Waals surface area contributed by atoms with Gasteiger partial charge in [0.15, 0.2) is 0 Å². The number of hydrogen-bond acceptors (Lipinski definition) is 4. The van der Waals surface area contributed by atoms with E-state index in [1.165, 1.54) is 0 Å². The van der Waals surface area contributed by atoms with Gasteiger partial charge in [-0.25, -0.2) is 4.68 Å². The summed E-state index contributed by atoms with van der Waals surface area (Å²) in [7, 11) is 6.33. The molecule has 1 aromatic heterocycles. The Bertz CT molecular complexity index is 1770. The normalized spacial score (nSPS) is 11.4. The Balaban J connectivity index is 1.11. The van der Waals surface area contributed by atoms with Gasteiger partial charge in [-0.3, -0.25) is 0 Å². The van der Waals surface area contributed by atoms with Gasteiger partial charge in [-0.05, 0) is 91.5 Å². The first kappa shape index (κ1) is 24.0. The molecule has 0 spiro atoms. The number of halogens is 2. The van der Waals surface area contributed by atoms with Gasteiger partial charge in [-0.1, -0.05) is 57.5 Å². The number of para-hydroxylation sites is 1. The number of nitrogens with zero attached hydrogens (tertiary/aromatic N) is 3. The highest BCUT2D eigenvalue weighted by Crippen LogP contribution is 2.34. The Kier molecular flexibility index (Phi) is 6.61. The summed E-state index contributed by atoms with van der Waals surface area (Å²) in [5.41, 5.74) is 3.45. The molecule has 0 atom stereocenters. The lowest BCUT2D eigenvalue weighted by atomic mass is 9.89. The summed E-state index contributed by atoms with van der Waals surface area (Å²) >= 11 is 7.22. The fourth-order valence-corrected chi connectivity index (χ4v) is 5.40. The fraction of sp³-hybridized carbons (Fsp3) is 0.103. The highest BCUT2D eigenvalue weighted by molar-refractivity contribution is 9.11. The summed E-state index contributed by atoms with van der Waals surface area (Å²) in [6.07, 6.45) is 0.723. The van der Waals surface area contributed by atoms with Crippen molar-refractivity contribution in [3.8, 4) is 17.2 Å². The van der Waals surface area contributed by atoms with Crippen molar-refractivity contribution in [2.75, 3.05) is 13.2 Å². The summed E-state index contributed by atoms with van der Waals surface area (Å²) in [5, 5.41) is 12.8. The predicted molar refractivity (Wildman–Crippen MR) is 157 cm³/mol. The minimum absolute atomic E-state index is 0.507. The second-order valence-electron chi connectivity index (χ2n) is 8.67. The van der Waals surface area contributed by atoms with Gasteiger partial charge in [0.1, 0.15) is 24.9 Å². The third kappa shape index (κ3) is 4.71. The molecule has 0 N–H and O–H groups in total. The van der Waals surface area contributed by atoms with Crippen molar-refractivity contribution in [3.05, 3.63) is 93.9 Å². The molecule has 0 aliphatic rings. The molecule has 0 unspecified atom stereocenters. The van der Waals surface area contributed by atoms with Crippen LogP contribution in [0.2, 0.25) is 0 Å². The van der Waals surface area contributed by atoms with Crippen molar-refractivity contribution in [1.29, 1.82) is 0 Å². The number of ether oxygens (including phenoxy) is 2. The summed E-state index contributed by atoms with van der Waals surface area (Å²) in [5.74, 6) is 1.49. The fourth-order valence-electron chi connectivity index (χ4n) is 4.42. The second-order valence-corrected chi connectivity index (χ2v) is 10.4. The molecular weight excluding hydrogens is 593 g/mol. The molecule has 1 heterocycles. The van der Waals surface area contributed by atoms with Crippen molar-refractivity contribution >= 4 is 77.7 Å². The zero-order chi connectivity index (χ0) is 25.4. The third-order valence-electron chi connectivity index (χ3n) is 6.29. The van der Waals surface area contributed by atoms with Crippen LogP contribution in [-0.4, -0.2) is 36.1 Å². The second kappa shape index (κ2) is 10.2. The molecule has 0 saturated heterocycles. The van der Waals surface area contributed by atoms with Gasteiger partial charge >= 0.3 is 0 Å². The standard InChI is InChI=1S/C29H20BBr2N3O2/c30-28-22-10-8-20(31)16-18(22)6-12-26(28)36-14-3-15-37-27-13-7-19-17-21(9-11-23(19)29(27)32)35-25-5-2-1-4-24(25)33-34-35/h1-2,4-13,16-17H,3,14-15H2. The minimum Gasteiger partial charge on any atom is -0.494 e. The van der Waals surface area contributed by atoms with Crippen LogP contribution in [0.15, 0.2) is 93.9 Å². The van der Waals surface area contributed by atoms with E-state index in [-0.39, 0.29) is 0 Å². The minimum atomic E-state index is 0.507. The molecule has 2 radical (unpaired) electrons. The lowest BCUT2D eigenvalue weighted by Crippen LogP contribution is -2.13. The van der Waals surface area contributed by atoms with Crippen LogP contribution in [0.3, 0.4) is 0 Å². The summed E-state index contributed by atoms with van der Waals surface area (Å²) < 4.78 is 15.8. The van der Waals surface area contributed by atoms with Gasteiger partial charge in [0.05, 0.1) is 28.9 Å². The molecule has 0 bridgehead atoms. The van der Waals surface area contributed by atoms with Crippen molar-refractivity contribution in [1.82, 2.24) is 15.0 Å². The molecule has 0 aliphatic heterocycles. The van der Waals surface area contributed by atoms with Crippen LogP contribution < -0.4 is 14.9 Å². The van der Waals surface area contributed by atoms with E-state index in [2.05, 4.69) is 60.4 Å². The SMILES string of the molecule is [B]c1c(OCCCOc2ccc3cc(-n4nnc5ccccc54)ccc3c2Br)ccc2cc(Br)ccc12.